The molecule has 14 heavy (non-hydrogen) atoms. The summed E-state index contributed by atoms with van der Waals surface area (Å²) in [4.78, 5) is 15.8. The van der Waals surface area contributed by atoms with E-state index in [0.29, 0.717) is 6.42 Å². The van der Waals surface area contributed by atoms with E-state index >= 15 is 0 Å². The topological polar surface area (TPSA) is 38.7 Å². The maximum Gasteiger partial charge on any atom is 0.335 e. The molecule has 0 saturated carbocycles. The van der Waals surface area contributed by atoms with E-state index in [0.717, 1.165) is 23.3 Å². The molecule has 72 valence electrons. The van der Waals surface area contributed by atoms with Crippen molar-refractivity contribution in [1.29, 1.82) is 0 Å². The Balaban J connectivity index is 2.45. The molecule has 0 saturated heterocycles. The first-order valence-electron chi connectivity index (χ1n) is 4.60. The van der Waals surface area contributed by atoms with Gasteiger partial charge in [-0.05, 0) is 18.9 Å². The van der Waals surface area contributed by atoms with Gasteiger partial charge in [0.15, 0.2) is 0 Å². The van der Waals surface area contributed by atoms with Crippen LogP contribution in [0.4, 0.5) is 0 Å². The minimum absolute atomic E-state index is 0.265. The molecular formula is C11H11NO2. The molecule has 1 aliphatic heterocycles. The van der Waals surface area contributed by atoms with E-state index in [1.165, 1.54) is 0 Å². The Labute approximate surface area is 82.4 Å². The number of rotatable bonds is 0. The van der Waals surface area contributed by atoms with Crippen molar-refractivity contribution in [1.82, 2.24) is 0 Å². The Morgan fingerprint density at radius 3 is 2.93 bits per heavy atom. The van der Waals surface area contributed by atoms with Crippen LogP contribution in [0.3, 0.4) is 0 Å². The molecule has 0 bridgehead atoms. The van der Waals surface area contributed by atoms with Crippen LogP contribution in [-0.4, -0.2) is 11.7 Å². The van der Waals surface area contributed by atoms with Gasteiger partial charge in [-0.3, -0.25) is 0 Å². The van der Waals surface area contributed by atoms with Crippen LogP contribution in [0.5, 0.6) is 0 Å². The predicted molar refractivity (Wildman–Crippen MR) is 53.1 cm³/mol. The molecule has 3 heteroatoms. The summed E-state index contributed by atoms with van der Waals surface area (Å²) >= 11 is 0. The quantitative estimate of drug-likeness (QED) is 0.584. The first-order chi connectivity index (χ1) is 6.77. The first-order valence-corrected chi connectivity index (χ1v) is 4.60. The molecule has 0 aliphatic carbocycles. The van der Waals surface area contributed by atoms with Crippen LogP contribution < -0.4 is 0 Å². The summed E-state index contributed by atoms with van der Waals surface area (Å²) in [6.45, 7) is 1.84. The molecular weight excluding hydrogens is 178 g/mol. The monoisotopic (exact) mass is 189 g/mol. The zero-order valence-corrected chi connectivity index (χ0v) is 7.99. The van der Waals surface area contributed by atoms with E-state index in [-0.39, 0.29) is 5.97 Å². The van der Waals surface area contributed by atoms with E-state index in [9.17, 15) is 4.79 Å². The van der Waals surface area contributed by atoms with Crippen LogP contribution in [0.25, 0.3) is 0 Å². The van der Waals surface area contributed by atoms with Gasteiger partial charge in [0, 0.05) is 5.56 Å². The summed E-state index contributed by atoms with van der Waals surface area (Å²) in [6.07, 6.45) is 1.12. The summed E-state index contributed by atoms with van der Waals surface area (Å²) in [5.41, 5.74) is 2.99. The highest BCUT2D eigenvalue weighted by Crippen LogP contribution is 2.15. The lowest BCUT2D eigenvalue weighted by Gasteiger charge is -2.10. The molecule has 0 unspecified atom stereocenters. The third-order valence-electron chi connectivity index (χ3n) is 2.29. The van der Waals surface area contributed by atoms with E-state index in [1.807, 2.05) is 31.2 Å². The molecule has 1 aromatic carbocycles. The van der Waals surface area contributed by atoms with Gasteiger partial charge in [0.05, 0.1) is 12.1 Å². The van der Waals surface area contributed by atoms with Gasteiger partial charge in [-0.2, -0.15) is 0 Å². The molecule has 0 N–H and O–H groups in total. The summed E-state index contributed by atoms with van der Waals surface area (Å²) in [5.74, 6) is -0.265. The van der Waals surface area contributed by atoms with Crippen LogP contribution in [0.1, 0.15) is 24.5 Å². The minimum Gasteiger partial charge on any atom is -0.318 e. The van der Waals surface area contributed by atoms with Crippen LogP contribution in [0.2, 0.25) is 0 Å². The third-order valence-corrected chi connectivity index (χ3v) is 2.29. The number of carbonyl (C=O) groups is 1. The fraction of sp³-hybridized carbons (Fsp3) is 0.273. The Morgan fingerprint density at radius 2 is 2.07 bits per heavy atom. The van der Waals surface area contributed by atoms with Crippen molar-refractivity contribution in [2.75, 3.05) is 0 Å². The lowest BCUT2D eigenvalue weighted by atomic mass is 10.00. The number of aryl methyl sites for hydroxylation is 1. The third kappa shape index (κ3) is 1.66. The molecule has 0 amide bonds. The standard InChI is InChI=1S/C11H11NO2/c1-8-10-5-3-2-4-9(10)6-7-11(13)14-12-8/h2-5H,6-7H2,1H3/b12-8-. The lowest BCUT2D eigenvalue weighted by Crippen LogP contribution is -2.11. The fourth-order valence-electron chi connectivity index (χ4n) is 1.54. The van der Waals surface area contributed by atoms with Crippen molar-refractivity contribution in [3.8, 4) is 0 Å². The van der Waals surface area contributed by atoms with Gasteiger partial charge in [-0.25, -0.2) is 4.79 Å². The second kappa shape index (κ2) is 3.62. The molecule has 1 aliphatic rings. The molecule has 1 aromatic rings. The largest absolute Gasteiger partial charge is 0.335 e. The molecule has 0 fully saturated rings. The average Bonchev–Trinajstić information content (AvgIpc) is 2.21. The number of nitrogens with zero attached hydrogens (tertiary/aromatic N) is 1. The second-order valence-corrected chi connectivity index (χ2v) is 3.30. The highest BCUT2D eigenvalue weighted by molar-refractivity contribution is 6.00. The zero-order valence-electron chi connectivity index (χ0n) is 7.99. The molecule has 0 aromatic heterocycles. The summed E-state index contributed by atoms with van der Waals surface area (Å²) in [6, 6.07) is 7.95. The number of fused-ring (bicyclic) bond motifs is 1. The van der Waals surface area contributed by atoms with Gasteiger partial charge in [-0.1, -0.05) is 29.4 Å². The zero-order chi connectivity index (χ0) is 9.97. The summed E-state index contributed by atoms with van der Waals surface area (Å²) < 4.78 is 0. The molecule has 0 atom stereocenters. The van der Waals surface area contributed by atoms with Crippen LogP contribution in [-0.2, 0) is 16.1 Å². The van der Waals surface area contributed by atoms with Crippen LogP contribution in [0, 0.1) is 0 Å². The maximum absolute atomic E-state index is 11.1. The normalized spacial score (nSPS) is 19.8. The van der Waals surface area contributed by atoms with Gasteiger partial charge < -0.3 is 4.84 Å². The molecule has 3 nitrogen and oxygen atoms in total. The van der Waals surface area contributed by atoms with Crippen molar-refractivity contribution in [3.05, 3.63) is 35.4 Å². The lowest BCUT2D eigenvalue weighted by molar-refractivity contribution is -0.143. The fourth-order valence-corrected chi connectivity index (χ4v) is 1.54. The molecule has 2 rings (SSSR count). The van der Waals surface area contributed by atoms with Gasteiger partial charge in [0.25, 0.3) is 0 Å². The first kappa shape index (κ1) is 8.94. The van der Waals surface area contributed by atoms with Gasteiger partial charge >= 0.3 is 5.97 Å². The van der Waals surface area contributed by atoms with Gasteiger partial charge in [0.1, 0.15) is 0 Å². The van der Waals surface area contributed by atoms with Gasteiger partial charge in [0.2, 0.25) is 0 Å². The maximum atomic E-state index is 11.1. The summed E-state index contributed by atoms with van der Waals surface area (Å²) in [7, 11) is 0. The Kier molecular flexibility index (Phi) is 2.31. The van der Waals surface area contributed by atoms with Crippen LogP contribution in [0.15, 0.2) is 29.4 Å². The van der Waals surface area contributed by atoms with Gasteiger partial charge in [-0.15, -0.1) is 0 Å². The number of carbonyl (C=O) groups excluding carboxylic acids is 1. The number of hydrogen-bond donors (Lipinski definition) is 0. The van der Waals surface area contributed by atoms with Crippen LogP contribution >= 0.6 is 0 Å². The van der Waals surface area contributed by atoms with Crippen molar-refractivity contribution < 1.29 is 9.63 Å². The molecule has 0 spiro atoms. The minimum atomic E-state index is -0.265. The Hall–Kier alpha value is -1.64. The van der Waals surface area contributed by atoms with E-state index in [4.69, 9.17) is 4.84 Å². The number of benzene rings is 1. The smallest absolute Gasteiger partial charge is 0.318 e. The highest BCUT2D eigenvalue weighted by atomic mass is 16.7. The number of oxime groups is 1. The highest BCUT2D eigenvalue weighted by Gasteiger charge is 2.12. The van der Waals surface area contributed by atoms with Crippen molar-refractivity contribution in [3.63, 3.8) is 0 Å². The average molecular weight is 189 g/mol. The van der Waals surface area contributed by atoms with E-state index in [1.54, 1.807) is 0 Å². The second-order valence-electron chi connectivity index (χ2n) is 3.30. The predicted octanol–water partition coefficient (Wildman–Crippen LogP) is 1.90. The van der Waals surface area contributed by atoms with E-state index in [2.05, 4.69) is 5.16 Å². The van der Waals surface area contributed by atoms with Crippen molar-refractivity contribution >= 4 is 11.7 Å². The Morgan fingerprint density at radius 1 is 1.29 bits per heavy atom. The SMILES string of the molecule is C/C1=N/OC(=O)CCc2ccccc21. The molecule has 1 heterocycles. The Bertz CT molecular complexity index is 396. The van der Waals surface area contributed by atoms with Crippen molar-refractivity contribution in [2.45, 2.75) is 19.8 Å². The van der Waals surface area contributed by atoms with Crippen molar-refractivity contribution in [2.24, 2.45) is 5.16 Å². The number of hydrogen-bond acceptors (Lipinski definition) is 3. The van der Waals surface area contributed by atoms with E-state index < -0.39 is 0 Å². The summed E-state index contributed by atoms with van der Waals surface area (Å²) in [5, 5.41) is 3.77. The molecule has 0 radical (unpaired) electrons.